The van der Waals surface area contributed by atoms with E-state index in [1.807, 2.05) is 0 Å². The number of carboxylic acid groups (broad SMARTS) is 1. The van der Waals surface area contributed by atoms with Gasteiger partial charge in [-0.05, 0) is 12.8 Å². The van der Waals surface area contributed by atoms with E-state index in [-0.39, 0.29) is 23.0 Å². The minimum atomic E-state index is -1.00. The number of aliphatic imine (C=N–C) groups is 1. The molecule has 0 fully saturated rings. The van der Waals surface area contributed by atoms with Gasteiger partial charge in [0.05, 0.1) is 0 Å². The van der Waals surface area contributed by atoms with E-state index in [1.165, 1.54) is 0 Å². The molecule has 0 saturated carbocycles. The molecular formula is C6H14MnN4O2. The smallest absolute Gasteiger partial charge is 0.320 e. The molecule has 0 amide bonds. The standard InChI is InChI=1S/C6H14N4O2.Mn/c7-4(5(11)12)2-1-3-10-6(8)9;/h4H,1-3,7H2,(H,11,12)(H4,8,9,10);. The van der Waals surface area contributed by atoms with Gasteiger partial charge in [-0.2, -0.15) is 0 Å². The van der Waals surface area contributed by atoms with Crippen LogP contribution in [0.15, 0.2) is 4.99 Å². The molecule has 0 heterocycles. The maximum Gasteiger partial charge on any atom is 0.320 e. The van der Waals surface area contributed by atoms with E-state index in [2.05, 4.69) is 4.99 Å². The summed E-state index contributed by atoms with van der Waals surface area (Å²) in [6.07, 6.45) is 0.956. The monoisotopic (exact) mass is 229 g/mol. The molecule has 0 aromatic heterocycles. The van der Waals surface area contributed by atoms with Crippen LogP contribution in [0, 0.1) is 0 Å². The number of nitrogens with two attached hydrogens (primary N) is 3. The van der Waals surface area contributed by atoms with Gasteiger partial charge in [-0.3, -0.25) is 9.79 Å². The summed E-state index contributed by atoms with van der Waals surface area (Å²) in [6, 6.07) is -0.820. The Kier molecular flexibility index (Phi) is 8.89. The Bertz CT molecular complexity index is 181. The van der Waals surface area contributed by atoms with E-state index in [0.29, 0.717) is 19.4 Å². The van der Waals surface area contributed by atoms with Gasteiger partial charge in [-0.15, -0.1) is 0 Å². The van der Waals surface area contributed by atoms with Crippen molar-refractivity contribution in [3.8, 4) is 0 Å². The van der Waals surface area contributed by atoms with E-state index in [1.54, 1.807) is 0 Å². The van der Waals surface area contributed by atoms with Crippen LogP contribution >= 0.6 is 0 Å². The summed E-state index contributed by atoms with van der Waals surface area (Å²) in [6.45, 7) is 0.420. The fourth-order valence-electron chi connectivity index (χ4n) is 0.643. The number of aliphatic carboxylic acids is 1. The Hall–Kier alpha value is -0.781. The minimum absolute atomic E-state index is 0. The summed E-state index contributed by atoms with van der Waals surface area (Å²) in [7, 11) is 0. The van der Waals surface area contributed by atoms with Gasteiger partial charge in [-0.1, -0.05) is 0 Å². The van der Waals surface area contributed by atoms with Crippen molar-refractivity contribution in [3.63, 3.8) is 0 Å². The summed E-state index contributed by atoms with van der Waals surface area (Å²) in [4.78, 5) is 13.9. The van der Waals surface area contributed by atoms with Crippen LogP contribution in [0.3, 0.4) is 0 Å². The van der Waals surface area contributed by atoms with Crippen molar-refractivity contribution >= 4 is 11.9 Å². The van der Waals surface area contributed by atoms with Crippen molar-refractivity contribution in [1.82, 2.24) is 0 Å². The molecule has 0 aliphatic rings. The van der Waals surface area contributed by atoms with Gasteiger partial charge in [0, 0.05) is 23.6 Å². The summed E-state index contributed by atoms with van der Waals surface area (Å²) in [5.41, 5.74) is 15.3. The molecular weight excluding hydrogens is 215 g/mol. The molecule has 7 heteroatoms. The van der Waals surface area contributed by atoms with Crippen molar-refractivity contribution in [2.75, 3.05) is 6.54 Å². The van der Waals surface area contributed by atoms with Crippen molar-refractivity contribution < 1.29 is 27.0 Å². The second-order valence-corrected chi connectivity index (χ2v) is 2.39. The number of hydrogen-bond donors (Lipinski definition) is 4. The van der Waals surface area contributed by atoms with Gasteiger partial charge in [0.2, 0.25) is 0 Å². The van der Waals surface area contributed by atoms with Crippen LogP contribution in [0.25, 0.3) is 0 Å². The second-order valence-electron chi connectivity index (χ2n) is 2.39. The average Bonchev–Trinajstić information content (AvgIpc) is 1.97. The molecule has 0 saturated heterocycles. The molecule has 13 heavy (non-hydrogen) atoms. The molecule has 1 unspecified atom stereocenters. The minimum Gasteiger partial charge on any atom is -0.480 e. The topological polar surface area (TPSA) is 128 Å². The van der Waals surface area contributed by atoms with E-state index in [0.717, 1.165) is 0 Å². The molecule has 0 spiro atoms. The maximum atomic E-state index is 10.2. The summed E-state index contributed by atoms with van der Waals surface area (Å²) in [5, 5.41) is 8.38. The van der Waals surface area contributed by atoms with Crippen LogP contribution < -0.4 is 17.2 Å². The molecule has 0 aromatic rings. The number of carboxylic acids is 1. The van der Waals surface area contributed by atoms with Crippen LogP contribution in [0.4, 0.5) is 0 Å². The van der Waals surface area contributed by atoms with Gasteiger partial charge >= 0.3 is 5.97 Å². The van der Waals surface area contributed by atoms with Crippen molar-refractivity contribution in [2.45, 2.75) is 18.9 Å². The number of carbonyl (C=O) groups is 1. The number of guanidine groups is 1. The largest absolute Gasteiger partial charge is 0.480 e. The van der Waals surface area contributed by atoms with Crippen molar-refractivity contribution in [1.29, 1.82) is 0 Å². The molecule has 7 N–H and O–H groups in total. The Morgan fingerprint density at radius 1 is 1.46 bits per heavy atom. The average molecular weight is 229 g/mol. The third kappa shape index (κ3) is 9.13. The van der Waals surface area contributed by atoms with Gasteiger partial charge in [0.1, 0.15) is 6.04 Å². The van der Waals surface area contributed by atoms with Gasteiger partial charge < -0.3 is 22.3 Å². The van der Waals surface area contributed by atoms with E-state index < -0.39 is 12.0 Å². The molecule has 0 aromatic carbocycles. The summed E-state index contributed by atoms with van der Waals surface area (Å²) in [5.74, 6) is -0.987. The Morgan fingerprint density at radius 3 is 2.38 bits per heavy atom. The zero-order chi connectivity index (χ0) is 9.56. The van der Waals surface area contributed by atoms with Gasteiger partial charge in [0.15, 0.2) is 5.96 Å². The predicted octanol–water partition coefficient (Wildman–Crippen LogP) is -1.55. The predicted molar refractivity (Wildman–Crippen MR) is 45.5 cm³/mol. The first-order valence-electron chi connectivity index (χ1n) is 3.58. The Labute approximate surface area is 87.0 Å². The fourth-order valence-corrected chi connectivity index (χ4v) is 0.643. The summed E-state index contributed by atoms with van der Waals surface area (Å²) >= 11 is 0. The van der Waals surface area contributed by atoms with Crippen LogP contribution in [0.2, 0.25) is 0 Å². The second kappa shape index (κ2) is 7.85. The fraction of sp³-hybridized carbons (Fsp3) is 0.667. The van der Waals surface area contributed by atoms with Gasteiger partial charge in [0.25, 0.3) is 0 Å². The number of hydrogen-bond acceptors (Lipinski definition) is 3. The first-order chi connectivity index (χ1) is 5.54. The SMILES string of the molecule is NC(N)=NCCCC(N)C(=O)O.[Mn]. The molecule has 0 aliphatic heterocycles. The quantitative estimate of drug-likeness (QED) is 0.196. The van der Waals surface area contributed by atoms with Crippen LogP contribution in [0.5, 0.6) is 0 Å². The normalized spacial score (nSPS) is 11.2. The summed E-state index contributed by atoms with van der Waals surface area (Å²) < 4.78 is 0. The first-order valence-corrected chi connectivity index (χ1v) is 3.58. The van der Waals surface area contributed by atoms with Crippen LogP contribution in [-0.4, -0.2) is 29.6 Å². The zero-order valence-corrected chi connectivity index (χ0v) is 8.29. The molecule has 77 valence electrons. The van der Waals surface area contributed by atoms with E-state index in [9.17, 15) is 4.79 Å². The first kappa shape index (κ1) is 14.7. The zero-order valence-electron chi connectivity index (χ0n) is 7.11. The number of nitrogens with zero attached hydrogens (tertiary/aromatic N) is 1. The van der Waals surface area contributed by atoms with E-state index in [4.69, 9.17) is 22.3 Å². The van der Waals surface area contributed by atoms with Crippen LogP contribution in [0.1, 0.15) is 12.8 Å². The maximum absolute atomic E-state index is 10.2. The Balaban J connectivity index is 0. The molecule has 1 atom stereocenters. The molecule has 0 bridgehead atoms. The Morgan fingerprint density at radius 2 is 2.00 bits per heavy atom. The molecule has 1 radical (unpaired) electrons. The third-order valence-electron chi connectivity index (χ3n) is 1.28. The third-order valence-corrected chi connectivity index (χ3v) is 1.28. The molecule has 0 aliphatic carbocycles. The van der Waals surface area contributed by atoms with Crippen molar-refractivity contribution in [2.24, 2.45) is 22.2 Å². The number of rotatable bonds is 5. The molecule has 6 nitrogen and oxygen atoms in total. The molecule has 0 rings (SSSR count). The van der Waals surface area contributed by atoms with Crippen molar-refractivity contribution in [3.05, 3.63) is 0 Å². The van der Waals surface area contributed by atoms with E-state index >= 15 is 0 Å². The van der Waals surface area contributed by atoms with Crippen LogP contribution in [-0.2, 0) is 21.9 Å². The van der Waals surface area contributed by atoms with Gasteiger partial charge in [-0.25, -0.2) is 0 Å².